The van der Waals surface area contributed by atoms with Gasteiger partial charge < -0.3 is 4.98 Å². The van der Waals surface area contributed by atoms with Crippen molar-refractivity contribution >= 4 is 33.8 Å². The molecular weight excluding hydrogens is 300 g/mol. The van der Waals surface area contributed by atoms with Gasteiger partial charge in [-0.25, -0.2) is 0 Å². The topological polar surface area (TPSA) is 37.8 Å². The van der Waals surface area contributed by atoms with Crippen LogP contribution in [0.15, 0.2) is 4.79 Å². The number of hydrogen-bond donors (Lipinski definition) is 1. The van der Waals surface area contributed by atoms with Crippen molar-refractivity contribution < 1.29 is 0 Å². The van der Waals surface area contributed by atoms with Crippen molar-refractivity contribution in [2.75, 3.05) is 0 Å². The Bertz CT molecular complexity index is 868. The molecule has 2 aliphatic rings. The van der Waals surface area contributed by atoms with E-state index in [-0.39, 0.29) is 22.4 Å². The fourth-order valence-electron chi connectivity index (χ4n) is 4.13. The highest BCUT2D eigenvalue weighted by Gasteiger charge is 2.66. The van der Waals surface area contributed by atoms with Crippen molar-refractivity contribution in [3.05, 3.63) is 25.6 Å². The molecule has 2 aromatic heterocycles. The fourth-order valence-corrected chi connectivity index (χ4v) is 5.77. The third-order valence-corrected chi connectivity index (χ3v) is 7.50. The summed E-state index contributed by atoms with van der Waals surface area (Å²) in [7, 11) is 0. The molecule has 0 atom stereocenters. The number of hydrogen-bond acceptors (Lipinski definition) is 3. The summed E-state index contributed by atoms with van der Waals surface area (Å²) in [5.41, 5.74) is 1.60. The molecule has 0 spiro atoms. The Morgan fingerprint density at radius 1 is 1.24 bits per heavy atom. The fraction of sp³-hybridized carbons (Fsp3) is 0.625. The van der Waals surface area contributed by atoms with Gasteiger partial charge in [-0.1, -0.05) is 27.7 Å². The van der Waals surface area contributed by atoms with Crippen LogP contribution in [0.1, 0.15) is 50.6 Å². The Kier molecular flexibility index (Phi) is 2.53. The number of aromatic nitrogens is 2. The molecule has 2 aromatic rings. The zero-order chi connectivity index (χ0) is 15.2. The molecule has 4 rings (SSSR count). The first-order valence-corrected chi connectivity index (χ1v) is 8.78. The summed E-state index contributed by atoms with van der Waals surface area (Å²) in [6, 6.07) is 0.183. The minimum atomic E-state index is 0.102. The lowest BCUT2D eigenvalue weighted by atomic mass is 10.0. The van der Waals surface area contributed by atoms with Crippen LogP contribution in [0.25, 0.3) is 10.2 Å². The molecule has 5 heteroatoms. The third kappa shape index (κ3) is 1.54. The number of rotatable bonds is 1. The lowest BCUT2D eigenvalue weighted by Crippen LogP contribution is -2.23. The SMILES string of the molecule is CC1(C)C(n2c(=S)[nH]c3sc4c(c3c2=O)CCC4)C1(C)C. The van der Waals surface area contributed by atoms with Crippen LogP contribution in [0.5, 0.6) is 0 Å². The van der Waals surface area contributed by atoms with E-state index in [0.717, 1.165) is 23.1 Å². The van der Waals surface area contributed by atoms with Crippen LogP contribution in [-0.2, 0) is 12.8 Å². The van der Waals surface area contributed by atoms with Crippen LogP contribution < -0.4 is 5.56 Å². The molecule has 3 nitrogen and oxygen atoms in total. The van der Waals surface area contributed by atoms with E-state index in [2.05, 4.69) is 32.7 Å². The van der Waals surface area contributed by atoms with Gasteiger partial charge in [0.25, 0.3) is 5.56 Å². The van der Waals surface area contributed by atoms with Gasteiger partial charge in [0.1, 0.15) is 4.83 Å². The number of H-pyrrole nitrogens is 1. The smallest absolute Gasteiger partial charge is 0.263 e. The van der Waals surface area contributed by atoms with E-state index in [9.17, 15) is 4.79 Å². The highest BCUT2D eigenvalue weighted by atomic mass is 32.1. The summed E-state index contributed by atoms with van der Waals surface area (Å²) in [4.78, 5) is 18.8. The molecule has 21 heavy (non-hydrogen) atoms. The molecule has 1 N–H and O–H groups in total. The van der Waals surface area contributed by atoms with E-state index >= 15 is 0 Å². The van der Waals surface area contributed by atoms with E-state index in [1.165, 1.54) is 16.9 Å². The predicted molar refractivity (Wildman–Crippen MR) is 89.9 cm³/mol. The van der Waals surface area contributed by atoms with Crippen molar-refractivity contribution in [1.29, 1.82) is 0 Å². The van der Waals surface area contributed by atoms with Gasteiger partial charge in [-0.3, -0.25) is 9.36 Å². The molecule has 112 valence electrons. The van der Waals surface area contributed by atoms with E-state index < -0.39 is 0 Å². The number of nitrogens with one attached hydrogen (secondary N) is 1. The van der Waals surface area contributed by atoms with Gasteiger partial charge in [-0.15, -0.1) is 11.3 Å². The normalized spacial score (nSPS) is 22.7. The van der Waals surface area contributed by atoms with Crippen molar-refractivity contribution in [2.45, 2.75) is 53.0 Å². The lowest BCUT2D eigenvalue weighted by Gasteiger charge is -2.09. The summed E-state index contributed by atoms with van der Waals surface area (Å²) < 4.78 is 2.43. The Labute approximate surface area is 133 Å². The molecule has 0 unspecified atom stereocenters. The average Bonchev–Trinajstić information content (AvgIpc) is 2.80. The molecule has 0 radical (unpaired) electrons. The first kappa shape index (κ1) is 13.7. The van der Waals surface area contributed by atoms with Crippen LogP contribution in [-0.4, -0.2) is 9.55 Å². The van der Waals surface area contributed by atoms with Crippen LogP contribution in [0.4, 0.5) is 0 Å². The van der Waals surface area contributed by atoms with E-state index in [4.69, 9.17) is 12.2 Å². The minimum Gasteiger partial charge on any atom is -0.323 e. The first-order valence-electron chi connectivity index (χ1n) is 7.56. The maximum Gasteiger partial charge on any atom is 0.263 e. The highest BCUT2D eigenvalue weighted by molar-refractivity contribution is 7.71. The monoisotopic (exact) mass is 320 g/mol. The van der Waals surface area contributed by atoms with E-state index in [0.29, 0.717) is 4.77 Å². The molecule has 0 bridgehead atoms. The summed E-state index contributed by atoms with van der Waals surface area (Å²) in [6.45, 7) is 8.89. The second kappa shape index (κ2) is 3.87. The molecule has 1 saturated carbocycles. The molecule has 0 aliphatic heterocycles. The lowest BCUT2D eigenvalue weighted by molar-refractivity contribution is 0.457. The van der Waals surface area contributed by atoms with Crippen LogP contribution in [0.2, 0.25) is 0 Å². The molecule has 2 aliphatic carbocycles. The second-order valence-corrected chi connectivity index (χ2v) is 9.00. The minimum absolute atomic E-state index is 0.102. The van der Waals surface area contributed by atoms with Gasteiger partial charge in [-0.05, 0) is 47.9 Å². The molecule has 0 saturated heterocycles. The average molecular weight is 320 g/mol. The number of nitrogens with zero attached hydrogens (tertiary/aromatic N) is 1. The zero-order valence-electron chi connectivity index (χ0n) is 12.9. The number of aromatic amines is 1. The summed E-state index contributed by atoms with van der Waals surface area (Å²) in [6.07, 6.45) is 3.31. The maximum absolute atomic E-state index is 13.1. The molecule has 2 heterocycles. The van der Waals surface area contributed by atoms with Gasteiger partial charge in [0.15, 0.2) is 4.77 Å². The van der Waals surface area contributed by atoms with Gasteiger partial charge in [-0.2, -0.15) is 0 Å². The Morgan fingerprint density at radius 3 is 2.52 bits per heavy atom. The molecular formula is C16H20N2OS2. The number of fused-ring (bicyclic) bond motifs is 3. The molecule has 0 amide bonds. The summed E-state index contributed by atoms with van der Waals surface area (Å²) in [5, 5.41) is 0.902. The largest absolute Gasteiger partial charge is 0.323 e. The Hall–Kier alpha value is -0.940. The van der Waals surface area contributed by atoms with Crippen molar-refractivity contribution in [3.63, 3.8) is 0 Å². The first-order chi connectivity index (χ1) is 9.76. The van der Waals surface area contributed by atoms with Crippen molar-refractivity contribution in [3.8, 4) is 0 Å². The quantitative estimate of drug-likeness (QED) is 0.799. The number of aryl methyl sites for hydroxylation is 2. The third-order valence-electron chi connectivity index (χ3n) is 6.00. The maximum atomic E-state index is 13.1. The van der Waals surface area contributed by atoms with Crippen LogP contribution in [0.3, 0.4) is 0 Å². The van der Waals surface area contributed by atoms with Crippen LogP contribution in [0, 0.1) is 15.6 Å². The Morgan fingerprint density at radius 2 is 1.90 bits per heavy atom. The zero-order valence-corrected chi connectivity index (χ0v) is 14.5. The molecule has 0 aromatic carbocycles. The Balaban J connectivity index is 2.04. The highest BCUT2D eigenvalue weighted by Crippen LogP contribution is 2.71. The number of thiophene rings is 1. The summed E-state index contributed by atoms with van der Waals surface area (Å²) in [5.74, 6) is 0. The van der Waals surface area contributed by atoms with Gasteiger partial charge in [0.2, 0.25) is 0 Å². The van der Waals surface area contributed by atoms with Gasteiger partial charge in [0, 0.05) is 4.88 Å². The second-order valence-electron chi connectivity index (χ2n) is 7.51. The van der Waals surface area contributed by atoms with Gasteiger partial charge in [0.05, 0.1) is 11.4 Å². The van der Waals surface area contributed by atoms with Gasteiger partial charge >= 0.3 is 0 Å². The standard InChI is InChI=1S/C16H20N2OS2/c1-15(2)13(16(15,3)4)18-12(19)10-8-6-5-7-9(8)21-11(10)17-14(18)20/h13H,5-7H2,1-4H3,(H,17,20). The van der Waals surface area contributed by atoms with E-state index in [1.54, 1.807) is 11.3 Å². The predicted octanol–water partition coefficient (Wildman–Crippen LogP) is 4.22. The van der Waals surface area contributed by atoms with Crippen LogP contribution >= 0.6 is 23.6 Å². The summed E-state index contributed by atoms with van der Waals surface area (Å²) >= 11 is 7.23. The van der Waals surface area contributed by atoms with Crippen molar-refractivity contribution in [1.82, 2.24) is 9.55 Å². The van der Waals surface area contributed by atoms with Crippen molar-refractivity contribution in [2.24, 2.45) is 10.8 Å². The van der Waals surface area contributed by atoms with E-state index in [1.807, 2.05) is 4.57 Å². The molecule has 1 fully saturated rings.